The molecule has 0 radical (unpaired) electrons. The van der Waals surface area contributed by atoms with Crippen LogP contribution in [0.15, 0.2) is 51.7 Å². The largest absolute Gasteiger partial charge is 0.483 e. The summed E-state index contributed by atoms with van der Waals surface area (Å²) >= 11 is 1.44. The van der Waals surface area contributed by atoms with Gasteiger partial charge >= 0.3 is 11.6 Å². The normalized spacial score (nSPS) is 13.5. The van der Waals surface area contributed by atoms with E-state index in [1.54, 1.807) is 12.1 Å². The minimum atomic E-state index is -1.09. The van der Waals surface area contributed by atoms with Gasteiger partial charge in [-0.3, -0.25) is 4.79 Å². The van der Waals surface area contributed by atoms with Crippen molar-refractivity contribution in [2.24, 2.45) is 0 Å². The number of hydrogen-bond acceptors (Lipinski definition) is 6. The molecule has 2 N–H and O–H groups in total. The molecule has 1 unspecified atom stereocenters. The van der Waals surface area contributed by atoms with Crippen LogP contribution in [0.4, 0.5) is 0 Å². The zero-order valence-corrected chi connectivity index (χ0v) is 19.1. The lowest BCUT2D eigenvalue weighted by atomic mass is 10.0. The highest BCUT2D eigenvalue weighted by Gasteiger charge is 2.24. The van der Waals surface area contributed by atoms with Gasteiger partial charge in [-0.05, 0) is 55.0 Å². The molecule has 1 heterocycles. The van der Waals surface area contributed by atoms with Gasteiger partial charge in [-0.2, -0.15) is 11.8 Å². The Labute approximate surface area is 195 Å². The smallest absolute Gasteiger partial charge is 0.339 e. The number of aryl methyl sites for hydroxylation is 2. The summed E-state index contributed by atoms with van der Waals surface area (Å²) in [4.78, 5) is 36.4. The van der Waals surface area contributed by atoms with Crippen molar-refractivity contribution in [2.45, 2.75) is 38.0 Å². The molecule has 172 valence electrons. The number of amides is 1. The number of benzene rings is 2. The number of fused-ring (bicyclic) bond motifs is 3. The van der Waals surface area contributed by atoms with Crippen molar-refractivity contribution in [3.8, 4) is 5.75 Å². The minimum absolute atomic E-state index is 0.238. The van der Waals surface area contributed by atoms with E-state index in [-0.39, 0.29) is 18.0 Å². The number of nitrogens with one attached hydrogen (secondary N) is 1. The lowest BCUT2D eigenvalue weighted by Gasteiger charge is -2.16. The molecule has 0 bridgehead atoms. The van der Waals surface area contributed by atoms with E-state index in [1.165, 1.54) is 11.8 Å². The molecule has 3 aromatic rings. The molecule has 0 saturated heterocycles. The quantitative estimate of drug-likeness (QED) is 0.464. The van der Waals surface area contributed by atoms with Crippen LogP contribution < -0.4 is 15.7 Å². The van der Waals surface area contributed by atoms with Gasteiger partial charge in [0, 0.05) is 17.1 Å². The second kappa shape index (κ2) is 10.1. The molecule has 0 saturated carbocycles. The molecule has 8 heteroatoms. The third-order valence-electron chi connectivity index (χ3n) is 5.57. The van der Waals surface area contributed by atoms with Gasteiger partial charge in [-0.1, -0.05) is 30.3 Å². The molecule has 1 aliphatic carbocycles. The van der Waals surface area contributed by atoms with E-state index < -0.39 is 17.9 Å². The van der Waals surface area contributed by atoms with E-state index in [1.807, 2.05) is 37.3 Å². The standard InChI is InChI=1S/C25H25NO6S/c1-15-10-20(23-17-8-5-9-18(17)25(30)32-21(23)11-15)31-12-22(27)26-19(24(28)29)14-33-13-16-6-3-2-4-7-16/h2-4,6-7,10-11,19H,5,8-9,12-14H2,1H3,(H,26,27)(H,28,29). The molecule has 2 aromatic carbocycles. The summed E-state index contributed by atoms with van der Waals surface area (Å²) in [5, 5.41) is 12.8. The Bertz CT molecular complexity index is 1240. The molecule has 1 aromatic heterocycles. The number of carbonyl (C=O) groups is 2. The Morgan fingerprint density at radius 3 is 2.70 bits per heavy atom. The average Bonchev–Trinajstić information content (AvgIpc) is 3.28. The maximum Gasteiger partial charge on any atom is 0.339 e. The van der Waals surface area contributed by atoms with Crippen molar-refractivity contribution in [1.82, 2.24) is 5.32 Å². The molecular formula is C25H25NO6S. The summed E-state index contributed by atoms with van der Waals surface area (Å²) < 4.78 is 11.3. The molecule has 7 nitrogen and oxygen atoms in total. The highest BCUT2D eigenvalue weighted by Crippen LogP contribution is 2.35. The van der Waals surface area contributed by atoms with Crippen molar-refractivity contribution in [2.75, 3.05) is 12.4 Å². The number of thioether (sulfide) groups is 1. The highest BCUT2D eigenvalue weighted by atomic mass is 32.2. The highest BCUT2D eigenvalue weighted by molar-refractivity contribution is 7.98. The van der Waals surface area contributed by atoms with Crippen molar-refractivity contribution < 1.29 is 23.8 Å². The first-order chi connectivity index (χ1) is 15.9. The number of aliphatic carboxylic acids is 1. The Morgan fingerprint density at radius 2 is 1.94 bits per heavy atom. The van der Waals surface area contributed by atoms with Crippen molar-refractivity contribution in [3.05, 3.63) is 75.1 Å². The maximum atomic E-state index is 12.5. The Morgan fingerprint density at radius 1 is 1.18 bits per heavy atom. The fraction of sp³-hybridized carbons (Fsp3) is 0.320. The zero-order chi connectivity index (χ0) is 23.4. The number of hydrogen-bond donors (Lipinski definition) is 2. The van der Waals surface area contributed by atoms with Crippen LogP contribution in [0.25, 0.3) is 11.0 Å². The van der Waals surface area contributed by atoms with Crippen LogP contribution in [0.5, 0.6) is 5.75 Å². The Balaban J connectivity index is 1.42. The predicted octanol–water partition coefficient (Wildman–Crippen LogP) is 3.47. The molecular weight excluding hydrogens is 442 g/mol. The van der Waals surface area contributed by atoms with Gasteiger partial charge in [0.15, 0.2) is 6.61 Å². The molecule has 1 aliphatic rings. The monoisotopic (exact) mass is 467 g/mol. The molecule has 4 rings (SSSR count). The van der Waals surface area contributed by atoms with Crippen LogP contribution in [0.1, 0.15) is 28.7 Å². The molecule has 0 spiro atoms. The van der Waals surface area contributed by atoms with E-state index in [0.29, 0.717) is 34.5 Å². The SMILES string of the molecule is Cc1cc(OCC(=O)NC(CSCc2ccccc2)C(=O)O)c2c3c(c(=O)oc2c1)CCC3. The molecule has 33 heavy (non-hydrogen) atoms. The number of ether oxygens (including phenoxy) is 1. The molecule has 1 atom stereocenters. The fourth-order valence-corrected chi connectivity index (χ4v) is 5.05. The van der Waals surface area contributed by atoms with Crippen LogP contribution in [0.2, 0.25) is 0 Å². The van der Waals surface area contributed by atoms with E-state index in [0.717, 1.165) is 29.5 Å². The lowest BCUT2D eigenvalue weighted by Crippen LogP contribution is -2.44. The summed E-state index contributed by atoms with van der Waals surface area (Å²) in [6.07, 6.45) is 2.29. The lowest BCUT2D eigenvalue weighted by molar-refractivity contribution is -0.141. The van der Waals surface area contributed by atoms with Gasteiger partial charge in [-0.15, -0.1) is 0 Å². The number of carbonyl (C=O) groups excluding carboxylic acids is 1. The van der Waals surface area contributed by atoms with E-state index in [4.69, 9.17) is 9.15 Å². The van der Waals surface area contributed by atoms with Crippen LogP contribution in [0.3, 0.4) is 0 Å². The first-order valence-electron chi connectivity index (χ1n) is 10.8. The van der Waals surface area contributed by atoms with Gasteiger partial charge in [0.05, 0.1) is 5.39 Å². The van der Waals surface area contributed by atoms with E-state index >= 15 is 0 Å². The van der Waals surface area contributed by atoms with Gasteiger partial charge in [-0.25, -0.2) is 9.59 Å². The first kappa shape index (κ1) is 22.9. The number of rotatable bonds is 9. The van der Waals surface area contributed by atoms with E-state index in [2.05, 4.69) is 5.32 Å². The van der Waals surface area contributed by atoms with Crippen LogP contribution in [-0.4, -0.2) is 35.4 Å². The number of carboxylic acids is 1. The summed E-state index contributed by atoms with van der Waals surface area (Å²) in [6, 6.07) is 12.3. The zero-order valence-electron chi connectivity index (χ0n) is 18.3. The predicted molar refractivity (Wildman–Crippen MR) is 127 cm³/mol. The second-order valence-electron chi connectivity index (χ2n) is 8.08. The average molecular weight is 468 g/mol. The van der Waals surface area contributed by atoms with Gasteiger partial charge in [0.2, 0.25) is 0 Å². The third kappa shape index (κ3) is 5.39. The fourth-order valence-electron chi connectivity index (χ4n) is 4.04. The summed E-state index contributed by atoms with van der Waals surface area (Å²) in [5.74, 6) is -0.256. The molecule has 0 fully saturated rings. The summed E-state index contributed by atoms with van der Waals surface area (Å²) in [5.41, 5.74) is 3.63. The minimum Gasteiger partial charge on any atom is -0.483 e. The van der Waals surface area contributed by atoms with Crippen LogP contribution in [-0.2, 0) is 28.2 Å². The molecule has 1 amide bonds. The third-order valence-corrected chi connectivity index (χ3v) is 6.67. The van der Waals surface area contributed by atoms with E-state index in [9.17, 15) is 19.5 Å². The summed E-state index contributed by atoms with van der Waals surface area (Å²) in [6.45, 7) is 1.52. The van der Waals surface area contributed by atoms with Crippen molar-refractivity contribution in [1.29, 1.82) is 0 Å². The van der Waals surface area contributed by atoms with Gasteiger partial charge in [0.25, 0.3) is 5.91 Å². The summed E-state index contributed by atoms with van der Waals surface area (Å²) in [7, 11) is 0. The van der Waals surface area contributed by atoms with Crippen molar-refractivity contribution >= 4 is 34.6 Å². The first-order valence-corrected chi connectivity index (χ1v) is 11.9. The number of carboxylic acid groups (broad SMARTS) is 1. The molecule has 0 aliphatic heterocycles. The second-order valence-corrected chi connectivity index (χ2v) is 9.11. The van der Waals surface area contributed by atoms with Gasteiger partial charge < -0.3 is 19.6 Å². The van der Waals surface area contributed by atoms with Crippen LogP contribution in [0, 0.1) is 6.92 Å². The van der Waals surface area contributed by atoms with Crippen LogP contribution >= 0.6 is 11.8 Å². The Kier molecular flexibility index (Phi) is 7.03. The Hall–Kier alpha value is -3.26. The van der Waals surface area contributed by atoms with Gasteiger partial charge in [0.1, 0.15) is 17.4 Å². The maximum absolute atomic E-state index is 12.5. The topological polar surface area (TPSA) is 106 Å². The van der Waals surface area contributed by atoms with Crippen molar-refractivity contribution in [3.63, 3.8) is 0 Å².